The van der Waals surface area contributed by atoms with E-state index in [0.717, 1.165) is 22.3 Å². The molecule has 0 saturated carbocycles. The molecule has 1 nitrogen and oxygen atoms in total. The zero-order valence-electron chi connectivity index (χ0n) is 8.76. The largest absolute Gasteiger partial charge is 0.380 e. The molecule has 0 saturated heterocycles. The third-order valence-corrected chi connectivity index (χ3v) is 3.79. The van der Waals surface area contributed by atoms with Crippen molar-refractivity contribution in [3.63, 3.8) is 0 Å². The van der Waals surface area contributed by atoms with Gasteiger partial charge in [0.15, 0.2) is 0 Å². The minimum atomic E-state index is 0.748. The molecular formula is C12H11Cl2NS. The molecule has 0 unspecified atom stereocenters. The first kappa shape index (κ1) is 11.8. The van der Waals surface area contributed by atoms with Gasteiger partial charge in [0.05, 0.1) is 5.02 Å². The number of halogens is 2. The van der Waals surface area contributed by atoms with Crippen molar-refractivity contribution in [1.82, 2.24) is 0 Å². The van der Waals surface area contributed by atoms with Gasteiger partial charge in [0, 0.05) is 27.5 Å². The van der Waals surface area contributed by atoms with Crippen molar-refractivity contribution < 1.29 is 0 Å². The summed E-state index contributed by atoms with van der Waals surface area (Å²) in [6.45, 7) is 2.83. The molecule has 1 aromatic heterocycles. The average molecular weight is 272 g/mol. The molecule has 1 heterocycles. The van der Waals surface area contributed by atoms with Crippen LogP contribution in [0.1, 0.15) is 10.4 Å². The van der Waals surface area contributed by atoms with Gasteiger partial charge in [0.1, 0.15) is 0 Å². The molecule has 16 heavy (non-hydrogen) atoms. The van der Waals surface area contributed by atoms with E-state index in [2.05, 4.69) is 12.2 Å². The zero-order valence-corrected chi connectivity index (χ0v) is 11.1. The Bertz CT molecular complexity index is 494. The highest BCUT2D eigenvalue weighted by Gasteiger charge is 2.01. The SMILES string of the molecule is Cc1ccc(Cl)cc1NCc1cc(Cl)cs1. The van der Waals surface area contributed by atoms with Crippen molar-refractivity contribution in [1.29, 1.82) is 0 Å². The lowest BCUT2D eigenvalue weighted by atomic mass is 10.2. The molecule has 0 aliphatic heterocycles. The Morgan fingerprint density at radius 3 is 2.69 bits per heavy atom. The van der Waals surface area contributed by atoms with Crippen molar-refractivity contribution in [3.8, 4) is 0 Å². The van der Waals surface area contributed by atoms with E-state index in [-0.39, 0.29) is 0 Å². The van der Waals surface area contributed by atoms with Crippen LogP contribution in [0.4, 0.5) is 5.69 Å². The number of rotatable bonds is 3. The van der Waals surface area contributed by atoms with E-state index in [1.165, 1.54) is 10.4 Å². The van der Waals surface area contributed by atoms with E-state index in [0.29, 0.717) is 0 Å². The molecule has 84 valence electrons. The van der Waals surface area contributed by atoms with E-state index in [9.17, 15) is 0 Å². The monoisotopic (exact) mass is 271 g/mol. The molecule has 0 bridgehead atoms. The molecule has 0 amide bonds. The van der Waals surface area contributed by atoms with Gasteiger partial charge in [-0.15, -0.1) is 11.3 Å². The fourth-order valence-electron chi connectivity index (χ4n) is 1.41. The van der Waals surface area contributed by atoms with Crippen LogP contribution in [-0.4, -0.2) is 0 Å². The Morgan fingerprint density at radius 1 is 1.19 bits per heavy atom. The lowest BCUT2D eigenvalue weighted by Gasteiger charge is -2.08. The van der Waals surface area contributed by atoms with E-state index >= 15 is 0 Å². The third kappa shape index (κ3) is 2.91. The van der Waals surface area contributed by atoms with Gasteiger partial charge in [-0.25, -0.2) is 0 Å². The van der Waals surface area contributed by atoms with Crippen LogP contribution in [0.15, 0.2) is 29.6 Å². The quantitative estimate of drug-likeness (QED) is 0.831. The van der Waals surface area contributed by atoms with Crippen molar-refractivity contribution in [2.24, 2.45) is 0 Å². The van der Waals surface area contributed by atoms with Crippen molar-refractivity contribution >= 4 is 40.2 Å². The number of benzene rings is 1. The molecular weight excluding hydrogens is 261 g/mol. The molecule has 1 aromatic carbocycles. The Kier molecular flexibility index (Phi) is 3.74. The van der Waals surface area contributed by atoms with E-state index in [4.69, 9.17) is 23.2 Å². The topological polar surface area (TPSA) is 12.0 Å². The van der Waals surface area contributed by atoms with E-state index < -0.39 is 0 Å². The Hall–Kier alpha value is -0.700. The normalized spacial score (nSPS) is 10.4. The highest BCUT2D eigenvalue weighted by atomic mass is 35.5. The molecule has 2 aromatic rings. The van der Waals surface area contributed by atoms with Gasteiger partial charge in [-0.2, -0.15) is 0 Å². The molecule has 0 fully saturated rings. The molecule has 0 aliphatic carbocycles. The lowest BCUT2D eigenvalue weighted by molar-refractivity contribution is 1.18. The summed E-state index contributed by atoms with van der Waals surface area (Å²) in [5.41, 5.74) is 2.25. The summed E-state index contributed by atoms with van der Waals surface area (Å²) in [7, 11) is 0. The van der Waals surface area contributed by atoms with Gasteiger partial charge in [0.2, 0.25) is 0 Å². The second kappa shape index (κ2) is 5.09. The fourth-order valence-corrected chi connectivity index (χ4v) is 2.60. The number of hydrogen-bond donors (Lipinski definition) is 1. The lowest BCUT2D eigenvalue weighted by Crippen LogP contribution is -1.99. The Labute approximate surface area is 109 Å². The third-order valence-electron chi connectivity index (χ3n) is 2.27. The smallest absolute Gasteiger partial charge is 0.0516 e. The van der Waals surface area contributed by atoms with Crippen LogP contribution in [-0.2, 0) is 6.54 Å². The van der Waals surface area contributed by atoms with Crippen molar-refractivity contribution in [3.05, 3.63) is 50.1 Å². The first-order valence-corrected chi connectivity index (χ1v) is 6.51. The minimum absolute atomic E-state index is 0.748. The average Bonchev–Trinajstić information content (AvgIpc) is 2.66. The number of anilines is 1. The predicted octanol–water partition coefficient (Wildman–Crippen LogP) is 4.98. The van der Waals surface area contributed by atoms with Crippen LogP contribution in [0, 0.1) is 6.92 Å². The molecule has 0 aliphatic rings. The van der Waals surface area contributed by atoms with Gasteiger partial charge in [-0.1, -0.05) is 29.3 Å². The van der Waals surface area contributed by atoms with Crippen LogP contribution in [0.2, 0.25) is 10.0 Å². The number of aryl methyl sites for hydroxylation is 1. The molecule has 1 N–H and O–H groups in total. The molecule has 2 rings (SSSR count). The second-order valence-corrected chi connectivity index (χ2v) is 5.41. The summed E-state index contributed by atoms with van der Waals surface area (Å²) >= 11 is 13.5. The zero-order chi connectivity index (χ0) is 11.5. The van der Waals surface area contributed by atoms with Crippen LogP contribution < -0.4 is 5.32 Å². The minimum Gasteiger partial charge on any atom is -0.380 e. The number of hydrogen-bond acceptors (Lipinski definition) is 2. The van der Waals surface area contributed by atoms with Crippen LogP contribution in [0.3, 0.4) is 0 Å². The first-order valence-electron chi connectivity index (χ1n) is 4.88. The Balaban J connectivity index is 2.07. The maximum absolute atomic E-state index is 5.94. The summed E-state index contributed by atoms with van der Waals surface area (Å²) in [5.74, 6) is 0. The molecule has 0 atom stereocenters. The van der Waals surface area contributed by atoms with Crippen LogP contribution in [0.25, 0.3) is 0 Å². The molecule has 0 spiro atoms. The maximum Gasteiger partial charge on any atom is 0.0516 e. The maximum atomic E-state index is 5.94. The first-order chi connectivity index (χ1) is 7.65. The van der Waals surface area contributed by atoms with E-state index in [1.54, 1.807) is 11.3 Å². The Morgan fingerprint density at radius 2 is 2.00 bits per heavy atom. The number of thiophene rings is 1. The standard InChI is InChI=1S/C12H11Cl2NS/c1-8-2-3-9(13)5-12(8)15-6-11-4-10(14)7-16-11/h2-5,7,15H,6H2,1H3. The van der Waals surface area contributed by atoms with Gasteiger partial charge in [-0.3, -0.25) is 0 Å². The highest BCUT2D eigenvalue weighted by molar-refractivity contribution is 7.10. The summed E-state index contributed by atoms with van der Waals surface area (Å²) in [6, 6.07) is 7.81. The van der Waals surface area contributed by atoms with Crippen LogP contribution >= 0.6 is 34.5 Å². The summed E-state index contributed by atoms with van der Waals surface area (Å²) in [5, 5.41) is 6.83. The van der Waals surface area contributed by atoms with Gasteiger partial charge >= 0.3 is 0 Å². The van der Waals surface area contributed by atoms with Crippen molar-refractivity contribution in [2.45, 2.75) is 13.5 Å². The molecule has 0 radical (unpaired) electrons. The highest BCUT2D eigenvalue weighted by Crippen LogP contribution is 2.23. The second-order valence-electron chi connectivity index (χ2n) is 3.54. The summed E-state index contributed by atoms with van der Waals surface area (Å²) in [6.07, 6.45) is 0. The predicted molar refractivity (Wildman–Crippen MR) is 72.8 cm³/mol. The van der Waals surface area contributed by atoms with Gasteiger partial charge in [0.25, 0.3) is 0 Å². The fraction of sp³-hybridized carbons (Fsp3) is 0.167. The van der Waals surface area contributed by atoms with Gasteiger partial charge in [-0.05, 0) is 30.7 Å². The van der Waals surface area contributed by atoms with Crippen molar-refractivity contribution in [2.75, 3.05) is 5.32 Å². The molecule has 4 heteroatoms. The summed E-state index contributed by atoms with van der Waals surface area (Å²) < 4.78 is 0. The summed E-state index contributed by atoms with van der Waals surface area (Å²) in [4.78, 5) is 1.21. The number of nitrogens with one attached hydrogen (secondary N) is 1. The van der Waals surface area contributed by atoms with Crippen LogP contribution in [0.5, 0.6) is 0 Å². The van der Waals surface area contributed by atoms with E-state index in [1.807, 2.05) is 29.6 Å². The van der Waals surface area contributed by atoms with Gasteiger partial charge < -0.3 is 5.32 Å².